The Morgan fingerprint density at radius 2 is 1.94 bits per heavy atom. The van der Waals surface area contributed by atoms with Crippen molar-refractivity contribution in [1.82, 2.24) is 4.90 Å². The first-order chi connectivity index (χ1) is 7.70. The molecular formula is C14H21NO. The van der Waals surface area contributed by atoms with Gasteiger partial charge < -0.3 is 9.64 Å². The maximum absolute atomic E-state index is 5.18. The zero-order chi connectivity index (χ0) is 11.5. The van der Waals surface area contributed by atoms with Crippen molar-refractivity contribution < 1.29 is 4.74 Å². The minimum absolute atomic E-state index is 0.670. The SMILES string of the molecule is COc1ccc(C2CCN(C(C)C)C2)cc1. The second-order valence-corrected chi connectivity index (χ2v) is 4.85. The average Bonchev–Trinajstić information content (AvgIpc) is 2.78. The first-order valence-corrected chi connectivity index (χ1v) is 6.08. The zero-order valence-electron chi connectivity index (χ0n) is 10.4. The molecular weight excluding hydrogens is 198 g/mol. The van der Waals surface area contributed by atoms with Gasteiger partial charge in [0.05, 0.1) is 7.11 Å². The molecule has 88 valence electrons. The summed E-state index contributed by atoms with van der Waals surface area (Å²) in [5.74, 6) is 1.65. The lowest BCUT2D eigenvalue weighted by Gasteiger charge is -2.20. The summed E-state index contributed by atoms with van der Waals surface area (Å²) in [6, 6.07) is 9.20. The Bertz CT molecular complexity index is 331. The van der Waals surface area contributed by atoms with Gasteiger partial charge in [-0.2, -0.15) is 0 Å². The highest BCUT2D eigenvalue weighted by Crippen LogP contribution is 2.29. The van der Waals surface area contributed by atoms with Gasteiger partial charge in [-0.15, -0.1) is 0 Å². The topological polar surface area (TPSA) is 12.5 Å². The van der Waals surface area contributed by atoms with Crippen LogP contribution in [-0.4, -0.2) is 31.1 Å². The smallest absolute Gasteiger partial charge is 0.118 e. The van der Waals surface area contributed by atoms with Crippen molar-refractivity contribution in [2.75, 3.05) is 20.2 Å². The Morgan fingerprint density at radius 1 is 1.25 bits per heavy atom. The van der Waals surface area contributed by atoms with Crippen molar-refractivity contribution in [2.24, 2.45) is 0 Å². The molecule has 0 spiro atoms. The third-order valence-corrected chi connectivity index (χ3v) is 3.54. The molecule has 1 fully saturated rings. The van der Waals surface area contributed by atoms with E-state index in [1.807, 2.05) is 0 Å². The Balaban J connectivity index is 2.03. The Kier molecular flexibility index (Phi) is 3.49. The maximum atomic E-state index is 5.18. The van der Waals surface area contributed by atoms with Crippen LogP contribution in [0.4, 0.5) is 0 Å². The fourth-order valence-electron chi connectivity index (χ4n) is 2.40. The van der Waals surface area contributed by atoms with Crippen molar-refractivity contribution in [3.8, 4) is 5.75 Å². The van der Waals surface area contributed by atoms with E-state index in [0.717, 1.165) is 5.75 Å². The zero-order valence-corrected chi connectivity index (χ0v) is 10.4. The molecule has 2 rings (SSSR count). The van der Waals surface area contributed by atoms with E-state index in [1.54, 1.807) is 7.11 Å². The van der Waals surface area contributed by atoms with Crippen LogP contribution < -0.4 is 4.74 Å². The molecule has 2 heteroatoms. The van der Waals surface area contributed by atoms with E-state index in [0.29, 0.717) is 12.0 Å². The van der Waals surface area contributed by atoms with Crippen molar-refractivity contribution >= 4 is 0 Å². The van der Waals surface area contributed by atoms with Crippen LogP contribution in [0.1, 0.15) is 31.7 Å². The molecule has 1 atom stereocenters. The molecule has 1 unspecified atom stereocenters. The molecule has 0 aromatic heterocycles. The molecule has 16 heavy (non-hydrogen) atoms. The third-order valence-electron chi connectivity index (χ3n) is 3.54. The van der Waals surface area contributed by atoms with Gasteiger partial charge in [0.25, 0.3) is 0 Å². The number of rotatable bonds is 3. The van der Waals surface area contributed by atoms with Gasteiger partial charge in [0.15, 0.2) is 0 Å². The van der Waals surface area contributed by atoms with Crippen LogP contribution in [0.3, 0.4) is 0 Å². The fourth-order valence-corrected chi connectivity index (χ4v) is 2.40. The summed E-state index contributed by atoms with van der Waals surface area (Å²) in [5, 5.41) is 0. The number of benzene rings is 1. The van der Waals surface area contributed by atoms with Crippen LogP contribution in [0.25, 0.3) is 0 Å². The predicted molar refractivity (Wildman–Crippen MR) is 67.1 cm³/mol. The standard InChI is InChI=1S/C14H21NO/c1-11(2)15-9-8-13(10-15)12-4-6-14(16-3)7-5-12/h4-7,11,13H,8-10H2,1-3H3. The second kappa shape index (κ2) is 4.88. The van der Waals surface area contributed by atoms with Crippen LogP contribution in [-0.2, 0) is 0 Å². The van der Waals surface area contributed by atoms with Crippen molar-refractivity contribution in [1.29, 1.82) is 0 Å². The first-order valence-electron chi connectivity index (χ1n) is 6.08. The summed E-state index contributed by atoms with van der Waals surface area (Å²) >= 11 is 0. The molecule has 1 aliphatic heterocycles. The Hall–Kier alpha value is -1.02. The van der Waals surface area contributed by atoms with Crippen LogP contribution in [0.5, 0.6) is 5.75 Å². The van der Waals surface area contributed by atoms with E-state index >= 15 is 0 Å². The van der Waals surface area contributed by atoms with E-state index in [-0.39, 0.29) is 0 Å². The molecule has 0 amide bonds. The summed E-state index contributed by atoms with van der Waals surface area (Å²) in [4.78, 5) is 2.55. The molecule has 2 nitrogen and oxygen atoms in total. The second-order valence-electron chi connectivity index (χ2n) is 4.85. The lowest BCUT2D eigenvalue weighted by atomic mass is 9.98. The Morgan fingerprint density at radius 3 is 2.44 bits per heavy atom. The molecule has 1 aromatic carbocycles. The molecule has 0 bridgehead atoms. The third kappa shape index (κ3) is 2.38. The van der Waals surface area contributed by atoms with E-state index in [9.17, 15) is 0 Å². The van der Waals surface area contributed by atoms with Crippen LogP contribution in [0, 0.1) is 0 Å². The lowest BCUT2D eigenvalue weighted by molar-refractivity contribution is 0.272. The summed E-state index contributed by atoms with van der Waals surface area (Å²) in [6.07, 6.45) is 1.28. The molecule has 1 aliphatic rings. The summed E-state index contributed by atoms with van der Waals surface area (Å²) in [7, 11) is 1.71. The molecule has 1 heterocycles. The van der Waals surface area contributed by atoms with Crippen molar-refractivity contribution in [3.63, 3.8) is 0 Å². The first kappa shape index (κ1) is 11.5. The van der Waals surface area contributed by atoms with Gasteiger partial charge >= 0.3 is 0 Å². The average molecular weight is 219 g/mol. The molecule has 0 saturated carbocycles. The minimum atomic E-state index is 0.670. The summed E-state index contributed by atoms with van der Waals surface area (Å²) < 4.78 is 5.18. The number of hydrogen-bond donors (Lipinski definition) is 0. The van der Waals surface area contributed by atoms with Gasteiger partial charge in [-0.25, -0.2) is 0 Å². The van der Waals surface area contributed by atoms with Gasteiger partial charge in [-0.05, 0) is 50.4 Å². The highest BCUT2D eigenvalue weighted by Gasteiger charge is 2.25. The van der Waals surface area contributed by atoms with Crippen LogP contribution in [0.15, 0.2) is 24.3 Å². The van der Waals surface area contributed by atoms with Crippen LogP contribution in [0.2, 0.25) is 0 Å². The lowest BCUT2D eigenvalue weighted by Crippen LogP contribution is -2.27. The number of methoxy groups -OCH3 is 1. The van der Waals surface area contributed by atoms with E-state index in [2.05, 4.69) is 43.0 Å². The maximum Gasteiger partial charge on any atom is 0.118 e. The van der Waals surface area contributed by atoms with Gasteiger partial charge in [0.2, 0.25) is 0 Å². The van der Waals surface area contributed by atoms with Gasteiger partial charge in [-0.3, -0.25) is 0 Å². The van der Waals surface area contributed by atoms with Gasteiger partial charge in [0.1, 0.15) is 5.75 Å². The van der Waals surface area contributed by atoms with Gasteiger partial charge in [-0.1, -0.05) is 12.1 Å². The molecule has 1 saturated heterocycles. The number of hydrogen-bond acceptors (Lipinski definition) is 2. The summed E-state index contributed by atoms with van der Waals surface area (Å²) in [5.41, 5.74) is 1.45. The Labute approximate surface area is 98.2 Å². The van der Waals surface area contributed by atoms with E-state index < -0.39 is 0 Å². The molecule has 0 radical (unpaired) electrons. The monoisotopic (exact) mass is 219 g/mol. The largest absolute Gasteiger partial charge is 0.497 e. The van der Waals surface area contributed by atoms with Gasteiger partial charge in [0, 0.05) is 12.6 Å². The van der Waals surface area contributed by atoms with Crippen LogP contribution >= 0.6 is 0 Å². The van der Waals surface area contributed by atoms with Crippen molar-refractivity contribution in [3.05, 3.63) is 29.8 Å². The number of nitrogens with zero attached hydrogens (tertiary/aromatic N) is 1. The minimum Gasteiger partial charge on any atom is -0.497 e. The summed E-state index contributed by atoms with van der Waals surface area (Å²) in [6.45, 7) is 6.98. The molecule has 0 N–H and O–H groups in total. The molecule has 0 aliphatic carbocycles. The van der Waals surface area contributed by atoms with E-state index in [4.69, 9.17) is 4.74 Å². The number of ether oxygens (including phenoxy) is 1. The van der Waals surface area contributed by atoms with Crippen molar-refractivity contribution in [2.45, 2.75) is 32.2 Å². The normalized spacial score (nSPS) is 21.6. The highest BCUT2D eigenvalue weighted by atomic mass is 16.5. The molecule has 1 aromatic rings. The predicted octanol–water partition coefficient (Wildman–Crippen LogP) is 2.89. The quantitative estimate of drug-likeness (QED) is 0.775. The number of likely N-dealkylation sites (tertiary alicyclic amines) is 1. The fraction of sp³-hybridized carbons (Fsp3) is 0.571. The highest BCUT2D eigenvalue weighted by molar-refractivity contribution is 5.30. The van der Waals surface area contributed by atoms with E-state index in [1.165, 1.54) is 25.1 Å².